The Morgan fingerprint density at radius 1 is 1.32 bits per heavy atom. The Morgan fingerprint density at radius 3 is 2.68 bits per heavy atom. The Balaban J connectivity index is 1.88. The first-order chi connectivity index (χ1) is 11.9. The minimum atomic E-state index is -0.839. The van der Waals surface area contributed by atoms with Gasteiger partial charge in [0.1, 0.15) is 27.9 Å². The Kier molecular flexibility index (Phi) is 4.95. The highest BCUT2D eigenvalue weighted by atomic mass is 32.2. The number of benzene rings is 1. The average Bonchev–Trinajstić information content (AvgIpc) is 3.18. The predicted molar refractivity (Wildman–Crippen MR) is 99.6 cm³/mol. The minimum absolute atomic E-state index is 0.140. The molecule has 0 saturated carbocycles. The second-order valence-electron chi connectivity index (χ2n) is 6.17. The number of hydrogen-bond donors (Lipinski definition) is 2. The Morgan fingerprint density at radius 2 is 2.08 bits per heavy atom. The molecule has 8 heteroatoms. The van der Waals surface area contributed by atoms with Crippen LogP contribution in [-0.2, 0) is 4.79 Å². The number of rotatable bonds is 5. The van der Waals surface area contributed by atoms with Crippen LogP contribution in [0.15, 0.2) is 24.4 Å². The smallest absolute Gasteiger partial charge is 0.322 e. The van der Waals surface area contributed by atoms with Gasteiger partial charge < -0.3 is 14.6 Å². The molecule has 3 rings (SSSR count). The first-order valence-electron chi connectivity index (χ1n) is 7.70. The highest BCUT2D eigenvalue weighted by molar-refractivity contribution is 8.01. The molecule has 1 saturated heterocycles. The molecule has 1 aromatic carbocycles. The molecule has 1 aromatic heterocycles. The summed E-state index contributed by atoms with van der Waals surface area (Å²) in [5, 5.41) is 13.3. The Bertz CT molecular complexity index is 791. The van der Waals surface area contributed by atoms with E-state index in [0.29, 0.717) is 5.75 Å². The predicted octanol–water partition coefficient (Wildman–Crippen LogP) is 3.39. The average molecular weight is 380 g/mol. The first-order valence-corrected chi connectivity index (χ1v) is 9.40. The van der Waals surface area contributed by atoms with E-state index in [-0.39, 0.29) is 5.37 Å². The molecule has 2 atom stereocenters. The van der Waals surface area contributed by atoms with Crippen molar-refractivity contribution in [3.63, 3.8) is 0 Å². The summed E-state index contributed by atoms with van der Waals surface area (Å²) in [6.07, 6.45) is 1.80. The molecule has 134 valence electrons. The van der Waals surface area contributed by atoms with E-state index in [9.17, 15) is 9.90 Å². The van der Waals surface area contributed by atoms with Crippen LogP contribution in [0.1, 0.15) is 24.2 Å². The van der Waals surface area contributed by atoms with E-state index in [0.717, 1.165) is 21.2 Å². The lowest BCUT2D eigenvalue weighted by Gasteiger charge is -2.20. The fraction of sp³-hybridized carbons (Fsp3) is 0.412. The Hall–Kier alpha value is -1.77. The fourth-order valence-corrected chi connectivity index (χ4v) is 5.24. The molecule has 2 heterocycles. The van der Waals surface area contributed by atoms with Crippen molar-refractivity contribution in [2.45, 2.75) is 30.0 Å². The number of thiazole rings is 1. The summed E-state index contributed by atoms with van der Waals surface area (Å²) in [6.45, 7) is 3.87. The van der Waals surface area contributed by atoms with E-state index in [2.05, 4.69) is 10.3 Å². The number of ether oxygens (including phenoxy) is 2. The molecule has 2 aromatic rings. The molecule has 1 aliphatic rings. The van der Waals surface area contributed by atoms with E-state index in [4.69, 9.17) is 9.47 Å². The molecule has 25 heavy (non-hydrogen) atoms. The lowest BCUT2D eigenvalue weighted by molar-refractivity contribution is -0.139. The lowest BCUT2D eigenvalue weighted by atomic mass is 10.0. The summed E-state index contributed by atoms with van der Waals surface area (Å²) >= 11 is 3.12. The number of methoxy groups -OCH3 is 2. The lowest BCUT2D eigenvalue weighted by Crippen LogP contribution is -2.43. The van der Waals surface area contributed by atoms with Crippen LogP contribution < -0.4 is 14.8 Å². The zero-order valence-electron chi connectivity index (χ0n) is 14.4. The van der Waals surface area contributed by atoms with Crippen LogP contribution in [0.2, 0.25) is 0 Å². The molecular formula is C17H20N2O4S2. The van der Waals surface area contributed by atoms with Crippen molar-refractivity contribution in [2.24, 2.45) is 0 Å². The molecule has 2 N–H and O–H groups in total. The quantitative estimate of drug-likeness (QED) is 0.823. The largest absolute Gasteiger partial charge is 0.497 e. The van der Waals surface area contributed by atoms with Crippen LogP contribution in [0.4, 0.5) is 0 Å². The number of aliphatic carboxylic acids is 1. The molecule has 0 bridgehead atoms. The number of hydrogen-bond acceptors (Lipinski definition) is 7. The molecule has 6 nitrogen and oxygen atoms in total. The molecular weight excluding hydrogens is 360 g/mol. The van der Waals surface area contributed by atoms with Gasteiger partial charge in [0, 0.05) is 22.6 Å². The molecule has 2 unspecified atom stereocenters. The van der Waals surface area contributed by atoms with E-state index in [1.165, 1.54) is 11.3 Å². The van der Waals surface area contributed by atoms with E-state index >= 15 is 0 Å². The van der Waals surface area contributed by atoms with Gasteiger partial charge in [-0.2, -0.15) is 0 Å². The molecule has 0 amide bonds. The summed E-state index contributed by atoms with van der Waals surface area (Å²) in [5.41, 5.74) is 0.934. The number of nitrogens with one attached hydrogen (secondary N) is 1. The van der Waals surface area contributed by atoms with Crippen LogP contribution in [-0.4, -0.2) is 41.1 Å². The molecule has 0 radical (unpaired) electrons. The third-order valence-electron chi connectivity index (χ3n) is 4.10. The maximum Gasteiger partial charge on any atom is 0.322 e. The third kappa shape index (κ3) is 3.47. The molecule has 1 fully saturated rings. The highest BCUT2D eigenvalue weighted by Gasteiger charge is 2.46. The number of aromatic nitrogens is 1. The van der Waals surface area contributed by atoms with Crippen molar-refractivity contribution in [2.75, 3.05) is 14.2 Å². The van der Waals surface area contributed by atoms with Crippen LogP contribution in [0, 0.1) is 0 Å². The van der Waals surface area contributed by atoms with Crippen LogP contribution >= 0.6 is 23.1 Å². The van der Waals surface area contributed by atoms with E-state index in [1.54, 1.807) is 32.2 Å². The van der Waals surface area contributed by atoms with Crippen LogP contribution in [0.5, 0.6) is 11.5 Å². The van der Waals surface area contributed by atoms with Gasteiger partial charge in [-0.1, -0.05) is 0 Å². The summed E-state index contributed by atoms with van der Waals surface area (Å²) in [6, 6.07) is 5.05. The monoisotopic (exact) mass is 380 g/mol. The van der Waals surface area contributed by atoms with E-state index < -0.39 is 16.8 Å². The second kappa shape index (κ2) is 6.86. The van der Waals surface area contributed by atoms with Gasteiger partial charge in [0.25, 0.3) is 0 Å². The van der Waals surface area contributed by atoms with Crippen LogP contribution in [0.3, 0.4) is 0 Å². The van der Waals surface area contributed by atoms with Gasteiger partial charge in [0.2, 0.25) is 0 Å². The van der Waals surface area contributed by atoms with Gasteiger partial charge in [-0.3, -0.25) is 10.1 Å². The normalized spacial score (nSPS) is 21.9. The number of carbonyl (C=O) groups is 1. The summed E-state index contributed by atoms with van der Waals surface area (Å²) in [7, 11) is 3.23. The van der Waals surface area contributed by atoms with Gasteiger partial charge >= 0.3 is 5.97 Å². The maximum atomic E-state index is 11.4. The zero-order chi connectivity index (χ0) is 18.2. The van der Waals surface area contributed by atoms with Crippen molar-refractivity contribution in [1.29, 1.82) is 0 Å². The summed E-state index contributed by atoms with van der Waals surface area (Å²) < 4.78 is 10.3. The summed E-state index contributed by atoms with van der Waals surface area (Å²) in [4.78, 5) is 16.9. The SMILES string of the molecule is COc1ccc(-c2cnc(C3NC(C(=O)O)C(C)(C)S3)s2)c(OC)c1. The highest BCUT2D eigenvalue weighted by Crippen LogP contribution is 2.48. The second-order valence-corrected chi connectivity index (χ2v) is 8.99. The molecule has 1 aliphatic heterocycles. The number of carboxylic acids is 1. The first kappa shape index (κ1) is 18.0. The van der Waals surface area contributed by atoms with Crippen molar-refractivity contribution in [1.82, 2.24) is 10.3 Å². The summed E-state index contributed by atoms with van der Waals surface area (Å²) in [5.74, 6) is 0.600. The fourth-order valence-electron chi connectivity index (χ4n) is 2.78. The van der Waals surface area contributed by atoms with Gasteiger partial charge in [0.05, 0.1) is 19.1 Å². The van der Waals surface area contributed by atoms with Crippen LogP contribution in [0.25, 0.3) is 10.4 Å². The zero-order valence-corrected chi connectivity index (χ0v) is 16.0. The van der Waals surface area contributed by atoms with Gasteiger partial charge in [-0.15, -0.1) is 23.1 Å². The van der Waals surface area contributed by atoms with Crippen molar-refractivity contribution < 1.29 is 19.4 Å². The number of nitrogens with zero attached hydrogens (tertiary/aromatic N) is 1. The topological polar surface area (TPSA) is 80.7 Å². The maximum absolute atomic E-state index is 11.4. The van der Waals surface area contributed by atoms with Crippen molar-refractivity contribution in [3.05, 3.63) is 29.4 Å². The minimum Gasteiger partial charge on any atom is -0.497 e. The standard InChI is InChI=1S/C17H20N2O4S2/c1-17(2)13(16(20)21)19-15(25-17)14-18-8-12(24-14)10-6-5-9(22-3)7-11(10)23-4/h5-8,13,15,19H,1-4H3,(H,20,21). The number of carboxylic acid groups (broad SMARTS) is 1. The third-order valence-corrected chi connectivity index (χ3v) is 6.79. The van der Waals surface area contributed by atoms with Crippen molar-refractivity contribution >= 4 is 29.1 Å². The van der Waals surface area contributed by atoms with Crippen molar-refractivity contribution in [3.8, 4) is 21.9 Å². The molecule has 0 spiro atoms. The van der Waals surface area contributed by atoms with Gasteiger partial charge in [-0.05, 0) is 26.0 Å². The number of thioether (sulfide) groups is 1. The Labute approximate surface area is 154 Å². The molecule has 0 aliphatic carbocycles. The van der Waals surface area contributed by atoms with Gasteiger partial charge in [0.15, 0.2) is 0 Å². The van der Waals surface area contributed by atoms with Gasteiger partial charge in [-0.25, -0.2) is 4.98 Å². The van der Waals surface area contributed by atoms with E-state index in [1.807, 2.05) is 32.0 Å².